The molecule has 122 valence electrons. The average Bonchev–Trinajstić information content (AvgIpc) is 2.78. The fourth-order valence-electron chi connectivity index (χ4n) is 2.77. The van der Waals surface area contributed by atoms with Crippen LogP contribution >= 0.6 is 11.6 Å². The molecule has 0 fully saturated rings. The molecule has 0 aliphatic carbocycles. The van der Waals surface area contributed by atoms with Crippen LogP contribution in [0.15, 0.2) is 0 Å². The summed E-state index contributed by atoms with van der Waals surface area (Å²) in [6.45, 7) is 12.2. The number of aryl methyl sites for hydroxylation is 2. The van der Waals surface area contributed by atoms with Gasteiger partial charge < -0.3 is 10.1 Å². The van der Waals surface area contributed by atoms with Gasteiger partial charge in [0, 0.05) is 25.6 Å². The third-order valence-electron chi connectivity index (χ3n) is 3.89. The molecule has 2 unspecified atom stereocenters. The molecule has 0 aromatic carbocycles. The van der Waals surface area contributed by atoms with Gasteiger partial charge in [0.1, 0.15) is 0 Å². The number of aromatic nitrogens is 2. The van der Waals surface area contributed by atoms with Gasteiger partial charge in [0.25, 0.3) is 0 Å². The lowest BCUT2D eigenvalue weighted by molar-refractivity contribution is 0.00493. The summed E-state index contributed by atoms with van der Waals surface area (Å²) in [4.78, 5) is 0. The minimum atomic E-state index is 0.168. The SMILES string of the molecule is CCOC(C(C)C)C(Cc1c(Cl)c(CC)nn1CC)NC. The van der Waals surface area contributed by atoms with E-state index in [9.17, 15) is 0 Å². The van der Waals surface area contributed by atoms with Crippen molar-refractivity contribution in [3.8, 4) is 0 Å². The van der Waals surface area contributed by atoms with Crippen molar-refractivity contribution < 1.29 is 4.74 Å². The molecule has 1 heterocycles. The van der Waals surface area contributed by atoms with E-state index >= 15 is 0 Å². The number of nitrogens with zero attached hydrogens (tertiary/aromatic N) is 2. The first-order valence-corrected chi connectivity index (χ1v) is 8.40. The van der Waals surface area contributed by atoms with Crippen molar-refractivity contribution in [2.24, 2.45) is 5.92 Å². The summed E-state index contributed by atoms with van der Waals surface area (Å²) in [6.07, 6.45) is 1.86. The van der Waals surface area contributed by atoms with E-state index in [1.54, 1.807) is 0 Å². The van der Waals surface area contributed by atoms with E-state index in [2.05, 4.69) is 38.1 Å². The van der Waals surface area contributed by atoms with Crippen LogP contribution in [-0.2, 0) is 24.1 Å². The molecule has 0 saturated heterocycles. The zero-order valence-electron chi connectivity index (χ0n) is 14.2. The molecule has 21 heavy (non-hydrogen) atoms. The van der Waals surface area contributed by atoms with E-state index in [1.165, 1.54) is 0 Å². The molecular formula is C16H30ClN3O. The molecule has 1 rings (SSSR count). The number of nitrogens with one attached hydrogen (secondary N) is 1. The molecular weight excluding hydrogens is 286 g/mol. The van der Waals surface area contributed by atoms with Gasteiger partial charge in [0.15, 0.2) is 0 Å². The first-order chi connectivity index (χ1) is 9.99. The predicted molar refractivity (Wildman–Crippen MR) is 89.1 cm³/mol. The standard InChI is InChI=1S/C16H30ClN3O/c1-7-12-15(17)14(20(8-2)19-12)10-13(18-6)16(11(4)5)21-9-3/h11,13,16,18H,7-10H2,1-6H3. The molecule has 2 atom stereocenters. The molecule has 0 spiro atoms. The fourth-order valence-corrected chi connectivity index (χ4v) is 3.11. The Bertz CT molecular complexity index is 431. The van der Waals surface area contributed by atoms with E-state index in [4.69, 9.17) is 16.3 Å². The highest BCUT2D eigenvalue weighted by molar-refractivity contribution is 6.31. The molecule has 1 aromatic rings. The van der Waals surface area contributed by atoms with Crippen LogP contribution in [-0.4, -0.2) is 35.6 Å². The van der Waals surface area contributed by atoms with Crippen molar-refractivity contribution in [3.05, 3.63) is 16.4 Å². The Hall–Kier alpha value is -0.580. The third kappa shape index (κ3) is 4.44. The molecule has 4 nitrogen and oxygen atoms in total. The highest BCUT2D eigenvalue weighted by Gasteiger charge is 2.27. The van der Waals surface area contributed by atoms with Gasteiger partial charge in [-0.1, -0.05) is 32.4 Å². The molecule has 0 aliphatic heterocycles. The van der Waals surface area contributed by atoms with Crippen molar-refractivity contribution in [1.82, 2.24) is 15.1 Å². The first kappa shape index (κ1) is 18.5. The summed E-state index contributed by atoms with van der Waals surface area (Å²) < 4.78 is 7.96. The van der Waals surface area contributed by atoms with Crippen molar-refractivity contribution in [2.75, 3.05) is 13.7 Å². The number of ether oxygens (including phenoxy) is 1. The second kappa shape index (κ2) is 8.76. The lowest BCUT2D eigenvalue weighted by Gasteiger charge is -2.30. The second-order valence-corrected chi connectivity index (χ2v) is 6.02. The van der Waals surface area contributed by atoms with Gasteiger partial charge in [0.05, 0.1) is 22.5 Å². The fraction of sp³-hybridized carbons (Fsp3) is 0.812. The van der Waals surface area contributed by atoms with Gasteiger partial charge in [-0.15, -0.1) is 0 Å². The van der Waals surface area contributed by atoms with Crippen LogP contribution in [0.4, 0.5) is 0 Å². The summed E-state index contributed by atoms with van der Waals surface area (Å²) in [7, 11) is 1.99. The molecule has 0 saturated carbocycles. The lowest BCUT2D eigenvalue weighted by Crippen LogP contribution is -2.44. The summed E-state index contributed by atoms with van der Waals surface area (Å²) in [5.74, 6) is 0.449. The average molecular weight is 316 g/mol. The van der Waals surface area contributed by atoms with Crippen molar-refractivity contribution in [1.29, 1.82) is 0 Å². The number of halogens is 1. The number of hydrogen-bond acceptors (Lipinski definition) is 3. The van der Waals surface area contributed by atoms with Crippen LogP contribution in [0, 0.1) is 5.92 Å². The third-order valence-corrected chi connectivity index (χ3v) is 4.33. The maximum atomic E-state index is 6.52. The van der Waals surface area contributed by atoms with Crippen LogP contribution < -0.4 is 5.32 Å². The summed E-state index contributed by atoms with van der Waals surface area (Å²) in [6, 6.07) is 0.231. The molecule has 1 aromatic heterocycles. The molecule has 0 radical (unpaired) electrons. The lowest BCUT2D eigenvalue weighted by atomic mass is 9.95. The molecule has 5 heteroatoms. The van der Waals surface area contributed by atoms with E-state index in [0.717, 1.165) is 42.4 Å². The Labute approximate surface area is 134 Å². The Morgan fingerprint density at radius 1 is 1.29 bits per heavy atom. The Morgan fingerprint density at radius 3 is 2.38 bits per heavy atom. The van der Waals surface area contributed by atoms with Gasteiger partial charge in [-0.3, -0.25) is 4.68 Å². The van der Waals surface area contributed by atoms with Crippen LogP contribution in [0.5, 0.6) is 0 Å². The van der Waals surface area contributed by atoms with E-state index in [0.29, 0.717) is 5.92 Å². The predicted octanol–water partition coefficient (Wildman–Crippen LogP) is 3.31. The minimum absolute atomic E-state index is 0.168. The number of rotatable bonds is 9. The van der Waals surface area contributed by atoms with Gasteiger partial charge in [-0.05, 0) is 33.2 Å². The van der Waals surface area contributed by atoms with Gasteiger partial charge >= 0.3 is 0 Å². The van der Waals surface area contributed by atoms with Crippen LogP contribution in [0.1, 0.15) is 46.0 Å². The van der Waals surface area contributed by atoms with Crippen molar-refractivity contribution >= 4 is 11.6 Å². The van der Waals surface area contributed by atoms with Gasteiger partial charge in [-0.2, -0.15) is 5.10 Å². The monoisotopic (exact) mass is 315 g/mol. The second-order valence-electron chi connectivity index (χ2n) is 5.64. The largest absolute Gasteiger partial charge is 0.377 e. The van der Waals surface area contributed by atoms with E-state index in [1.807, 2.05) is 18.7 Å². The minimum Gasteiger partial charge on any atom is -0.377 e. The number of hydrogen-bond donors (Lipinski definition) is 1. The Kier molecular flexibility index (Phi) is 7.71. The maximum Gasteiger partial charge on any atom is 0.0850 e. The summed E-state index contributed by atoms with van der Waals surface area (Å²) in [5, 5.41) is 8.82. The van der Waals surface area contributed by atoms with Crippen LogP contribution in [0.2, 0.25) is 5.02 Å². The van der Waals surface area contributed by atoms with Crippen molar-refractivity contribution in [2.45, 2.75) is 66.2 Å². The molecule has 0 aliphatic rings. The summed E-state index contributed by atoms with van der Waals surface area (Å²) >= 11 is 6.52. The van der Waals surface area contributed by atoms with E-state index in [-0.39, 0.29) is 12.1 Å². The molecule has 0 bridgehead atoms. The topological polar surface area (TPSA) is 39.1 Å². The zero-order chi connectivity index (χ0) is 16.0. The normalized spacial score (nSPS) is 14.7. The van der Waals surface area contributed by atoms with Gasteiger partial charge in [-0.25, -0.2) is 0 Å². The van der Waals surface area contributed by atoms with Crippen LogP contribution in [0.25, 0.3) is 0 Å². The Morgan fingerprint density at radius 2 is 1.95 bits per heavy atom. The first-order valence-electron chi connectivity index (χ1n) is 8.02. The van der Waals surface area contributed by atoms with Crippen molar-refractivity contribution in [3.63, 3.8) is 0 Å². The summed E-state index contributed by atoms with van der Waals surface area (Å²) in [5.41, 5.74) is 2.10. The Balaban J connectivity index is 3.02. The quantitative estimate of drug-likeness (QED) is 0.760. The van der Waals surface area contributed by atoms with E-state index < -0.39 is 0 Å². The number of likely N-dealkylation sites (N-methyl/N-ethyl adjacent to an activating group) is 1. The molecule has 0 amide bonds. The maximum absolute atomic E-state index is 6.52. The highest BCUT2D eigenvalue weighted by Crippen LogP contribution is 2.25. The zero-order valence-corrected chi connectivity index (χ0v) is 15.0. The van der Waals surface area contributed by atoms with Crippen LogP contribution in [0.3, 0.4) is 0 Å². The smallest absolute Gasteiger partial charge is 0.0850 e. The van der Waals surface area contributed by atoms with Gasteiger partial charge in [0.2, 0.25) is 0 Å². The highest BCUT2D eigenvalue weighted by atomic mass is 35.5. The molecule has 1 N–H and O–H groups in total.